The van der Waals surface area contributed by atoms with Crippen LogP contribution in [0.2, 0.25) is 0 Å². The molecule has 98 valence electrons. The number of aryl methyl sites for hydroxylation is 1. The first-order valence-corrected chi connectivity index (χ1v) is 6.14. The van der Waals surface area contributed by atoms with Gasteiger partial charge < -0.3 is 19.4 Å². The summed E-state index contributed by atoms with van der Waals surface area (Å²) in [4.78, 5) is 4.39. The maximum atomic E-state index is 5.57. The summed E-state index contributed by atoms with van der Waals surface area (Å²) in [6.45, 7) is 7.88. The first-order chi connectivity index (χ1) is 8.33. The van der Waals surface area contributed by atoms with E-state index in [4.69, 9.17) is 9.47 Å². The highest BCUT2D eigenvalue weighted by atomic mass is 16.5. The van der Waals surface area contributed by atoms with Crippen molar-refractivity contribution in [3.8, 4) is 0 Å². The van der Waals surface area contributed by atoms with Crippen LogP contribution in [0.1, 0.15) is 25.7 Å². The summed E-state index contributed by atoms with van der Waals surface area (Å²) in [5, 5.41) is 3.39. The first kappa shape index (κ1) is 14.2. The minimum atomic E-state index is 0.145. The van der Waals surface area contributed by atoms with E-state index < -0.39 is 0 Å². The Balaban J connectivity index is 2.52. The minimum absolute atomic E-state index is 0.145. The molecule has 0 bridgehead atoms. The standard InChI is InChI=1S/C12H23N3O2/c1-4-13-11(10-17-9-8-16-3)12-14-6-7-15(12)5-2/h6-7,11,13H,4-5,8-10H2,1-3H3. The van der Waals surface area contributed by atoms with Crippen molar-refractivity contribution in [1.29, 1.82) is 0 Å². The van der Waals surface area contributed by atoms with E-state index in [0.717, 1.165) is 18.9 Å². The molecule has 0 aliphatic rings. The number of aromatic nitrogens is 2. The lowest BCUT2D eigenvalue weighted by Gasteiger charge is -2.18. The summed E-state index contributed by atoms with van der Waals surface area (Å²) in [5.74, 6) is 1.03. The lowest BCUT2D eigenvalue weighted by molar-refractivity contribution is 0.0571. The molecule has 1 aromatic rings. The van der Waals surface area contributed by atoms with Crippen LogP contribution >= 0.6 is 0 Å². The molecule has 0 spiro atoms. The molecule has 0 aromatic carbocycles. The smallest absolute Gasteiger partial charge is 0.128 e. The Labute approximate surface area is 103 Å². The molecule has 5 nitrogen and oxygen atoms in total. The number of nitrogens with one attached hydrogen (secondary N) is 1. The van der Waals surface area contributed by atoms with Gasteiger partial charge in [-0.3, -0.25) is 0 Å². The SMILES string of the molecule is CCNC(COCCOC)c1nccn1CC. The van der Waals surface area contributed by atoms with Gasteiger partial charge in [-0.2, -0.15) is 0 Å². The number of imidazole rings is 1. The van der Waals surface area contributed by atoms with Crippen molar-refractivity contribution in [2.24, 2.45) is 0 Å². The van der Waals surface area contributed by atoms with Crippen LogP contribution in [0, 0.1) is 0 Å². The van der Waals surface area contributed by atoms with Gasteiger partial charge in [-0.05, 0) is 13.5 Å². The Hall–Kier alpha value is -0.910. The van der Waals surface area contributed by atoms with Gasteiger partial charge in [0.1, 0.15) is 5.82 Å². The van der Waals surface area contributed by atoms with E-state index in [0.29, 0.717) is 19.8 Å². The van der Waals surface area contributed by atoms with Crippen LogP contribution in [0.3, 0.4) is 0 Å². The Bertz CT molecular complexity index is 302. The van der Waals surface area contributed by atoms with Crippen molar-refractivity contribution in [3.05, 3.63) is 18.2 Å². The van der Waals surface area contributed by atoms with Crippen molar-refractivity contribution < 1.29 is 9.47 Å². The van der Waals surface area contributed by atoms with Crippen molar-refractivity contribution in [1.82, 2.24) is 14.9 Å². The van der Waals surface area contributed by atoms with Gasteiger partial charge in [-0.15, -0.1) is 0 Å². The largest absolute Gasteiger partial charge is 0.382 e. The molecule has 0 amide bonds. The van der Waals surface area contributed by atoms with E-state index in [-0.39, 0.29) is 6.04 Å². The zero-order chi connectivity index (χ0) is 12.5. The quantitative estimate of drug-likeness (QED) is 0.660. The van der Waals surface area contributed by atoms with Gasteiger partial charge in [0.2, 0.25) is 0 Å². The predicted molar refractivity (Wildman–Crippen MR) is 67.0 cm³/mol. The molecule has 1 N–H and O–H groups in total. The zero-order valence-corrected chi connectivity index (χ0v) is 11.0. The first-order valence-electron chi connectivity index (χ1n) is 6.14. The summed E-state index contributed by atoms with van der Waals surface area (Å²) in [6, 6.07) is 0.145. The molecule has 1 unspecified atom stereocenters. The fourth-order valence-electron chi connectivity index (χ4n) is 1.71. The van der Waals surface area contributed by atoms with Crippen LogP contribution < -0.4 is 5.32 Å². The van der Waals surface area contributed by atoms with E-state index in [2.05, 4.69) is 28.7 Å². The number of likely N-dealkylation sites (N-methyl/N-ethyl adjacent to an activating group) is 1. The van der Waals surface area contributed by atoms with Crippen molar-refractivity contribution in [2.75, 3.05) is 33.5 Å². The summed E-state index contributed by atoms with van der Waals surface area (Å²) >= 11 is 0. The molecule has 1 atom stereocenters. The summed E-state index contributed by atoms with van der Waals surface area (Å²) in [7, 11) is 1.68. The third-order valence-corrected chi connectivity index (χ3v) is 2.57. The minimum Gasteiger partial charge on any atom is -0.382 e. The van der Waals surface area contributed by atoms with E-state index in [1.54, 1.807) is 7.11 Å². The monoisotopic (exact) mass is 241 g/mol. The fraction of sp³-hybridized carbons (Fsp3) is 0.750. The molecule has 0 radical (unpaired) electrons. The molecule has 0 saturated heterocycles. The summed E-state index contributed by atoms with van der Waals surface area (Å²) < 4.78 is 12.7. The molecule has 0 saturated carbocycles. The van der Waals surface area contributed by atoms with Crippen LogP contribution in [0.4, 0.5) is 0 Å². The van der Waals surface area contributed by atoms with Gasteiger partial charge in [-0.25, -0.2) is 4.98 Å². The van der Waals surface area contributed by atoms with Crippen molar-refractivity contribution >= 4 is 0 Å². The lowest BCUT2D eigenvalue weighted by Crippen LogP contribution is -2.28. The molecule has 1 aromatic heterocycles. The van der Waals surface area contributed by atoms with Crippen molar-refractivity contribution in [3.63, 3.8) is 0 Å². The average molecular weight is 241 g/mol. The highest BCUT2D eigenvalue weighted by Crippen LogP contribution is 2.11. The number of methoxy groups -OCH3 is 1. The number of rotatable bonds is 9. The van der Waals surface area contributed by atoms with Crippen LogP contribution in [0.5, 0.6) is 0 Å². The lowest BCUT2D eigenvalue weighted by atomic mass is 10.3. The van der Waals surface area contributed by atoms with Gasteiger partial charge in [-0.1, -0.05) is 6.92 Å². The van der Waals surface area contributed by atoms with Gasteiger partial charge in [0, 0.05) is 26.0 Å². The van der Waals surface area contributed by atoms with E-state index >= 15 is 0 Å². The molecular weight excluding hydrogens is 218 g/mol. The Morgan fingerprint density at radius 3 is 2.88 bits per heavy atom. The van der Waals surface area contributed by atoms with Gasteiger partial charge >= 0.3 is 0 Å². The van der Waals surface area contributed by atoms with E-state index in [1.807, 2.05) is 12.4 Å². The van der Waals surface area contributed by atoms with Crippen LogP contribution in [0.25, 0.3) is 0 Å². The molecule has 17 heavy (non-hydrogen) atoms. The second-order valence-electron chi connectivity index (χ2n) is 3.75. The van der Waals surface area contributed by atoms with Crippen LogP contribution in [-0.2, 0) is 16.0 Å². The van der Waals surface area contributed by atoms with Gasteiger partial charge in [0.15, 0.2) is 0 Å². The molecule has 0 fully saturated rings. The Morgan fingerprint density at radius 1 is 1.41 bits per heavy atom. The highest BCUT2D eigenvalue weighted by Gasteiger charge is 2.15. The molecular formula is C12H23N3O2. The molecule has 0 aliphatic carbocycles. The summed E-state index contributed by atoms with van der Waals surface area (Å²) in [5.41, 5.74) is 0. The van der Waals surface area contributed by atoms with E-state index in [9.17, 15) is 0 Å². The third-order valence-electron chi connectivity index (χ3n) is 2.57. The number of hydrogen-bond donors (Lipinski definition) is 1. The topological polar surface area (TPSA) is 48.3 Å². The molecule has 5 heteroatoms. The van der Waals surface area contributed by atoms with Gasteiger partial charge in [0.05, 0.1) is 25.9 Å². The Kier molecular flexibility index (Phi) is 6.84. The van der Waals surface area contributed by atoms with Crippen LogP contribution in [0.15, 0.2) is 12.4 Å². The second-order valence-corrected chi connectivity index (χ2v) is 3.75. The number of ether oxygens (including phenoxy) is 2. The maximum Gasteiger partial charge on any atom is 0.128 e. The number of nitrogens with zero attached hydrogens (tertiary/aromatic N) is 2. The van der Waals surface area contributed by atoms with Crippen LogP contribution in [-0.4, -0.2) is 43.0 Å². The Morgan fingerprint density at radius 2 is 2.24 bits per heavy atom. The number of hydrogen-bond acceptors (Lipinski definition) is 4. The zero-order valence-electron chi connectivity index (χ0n) is 11.0. The van der Waals surface area contributed by atoms with Crippen molar-refractivity contribution in [2.45, 2.75) is 26.4 Å². The molecule has 0 aliphatic heterocycles. The summed E-state index contributed by atoms with van der Waals surface area (Å²) in [6.07, 6.45) is 3.83. The maximum absolute atomic E-state index is 5.57. The second kappa shape index (κ2) is 8.22. The normalized spacial score (nSPS) is 12.9. The van der Waals surface area contributed by atoms with Gasteiger partial charge in [0.25, 0.3) is 0 Å². The molecule has 1 heterocycles. The third kappa shape index (κ3) is 4.46. The highest BCUT2D eigenvalue weighted by molar-refractivity contribution is 4.99. The predicted octanol–water partition coefficient (Wildman–Crippen LogP) is 1.22. The average Bonchev–Trinajstić information content (AvgIpc) is 2.81. The molecule has 1 rings (SSSR count). The van der Waals surface area contributed by atoms with E-state index in [1.165, 1.54) is 0 Å². The fourth-order valence-corrected chi connectivity index (χ4v) is 1.71.